The van der Waals surface area contributed by atoms with Crippen molar-refractivity contribution < 1.29 is 4.79 Å². The Labute approximate surface area is 121 Å². The summed E-state index contributed by atoms with van der Waals surface area (Å²) in [7, 11) is 4.11. The standard InChI is InChI=1S/C17H24N2O/c1-13-10-15-6-9-19(8-5-7-18(3)4)17(20)12-16(15)11-14(13)2/h6,9-11H,5,7-8,12H2,1-4H3. The van der Waals surface area contributed by atoms with E-state index in [2.05, 4.69) is 51.1 Å². The summed E-state index contributed by atoms with van der Waals surface area (Å²) >= 11 is 0. The molecule has 20 heavy (non-hydrogen) atoms. The molecule has 1 amide bonds. The highest BCUT2D eigenvalue weighted by Gasteiger charge is 2.17. The second-order valence-electron chi connectivity index (χ2n) is 5.87. The maximum Gasteiger partial charge on any atom is 0.230 e. The van der Waals surface area contributed by atoms with Gasteiger partial charge in [-0.15, -0.1) is 0 Å². The number of nitrogens with zero attached hydrogens (tertiary/aromatic N) is 2. The molecule has 1 aliphatic heterocycles. The monoisotopic (exact) mass is 272 g/mol. The molecule has 1 heterocycles. The Morgan fingerprint density at radius 2 is 1.90 bits per heavy atom. The van der Waals surface area contributed by atoms with Gasteiger partial charge in [-0.1, -0.05) is 12.1 Å². The SMILES string of the molecule is Cc1cc2c(cc1C)CC(=O)N(CCCN(C)C)C=C2. The van der Waals surface area contributed by atoms with Crippen LogP contribution in [0, 0.1) is 13.8 Å². The zero-order valence-corrected chi connectivity index (χ0v) is 12.9. The van der Waals surface area contributed by atoms with E-state index in [1.54, 1.807) is 0 Å². The molecule has 0 radical (unpaired) electrons. The smallest absolute Gasteiger partial charge is 0.230 e. The van der Waals surface area contributed by atoms with Crippen LogP contribution in [-0.4, -0.2) is 42.9 Å². The molecule has 0 unspecified atom stereocenters. The van der Waals surface area contributed by atoms with Gasteiger partial charge in [-0.25, -0.2) is 0 Å². The normalized spacial score (nSPS) is 14.7. The Hall–Kier alpha value is -1.61. The molecule has 0 N–H and O–H groups in total. The van der Waals surface area contributed by atoms with Crippen LogP contribution in [0.15, 0.2) is 18.3 Å². The van der Waals surface area contributed by atoms with Crippen molar-refractivity contribution in [3.63, 3.8) is 0 Å². The summed E-state index contributed by atoms with van der Waals surface area (Å²) in [6.07, 6.45) is 5.52. The number of carbonyl (C=O) groups excluding carboxylic acids is 1. The first kappa shape index (κ1) is 14.8. The summed E-state index contributed by atoms with van der Waals surface area (Å²) in [5.74, 6) is 0.196. The number of benzene rings is 1. The predicted octanol–water partition coefficient (Wildman–Crippen LogP) is 2.61. The molecule has 108 valence electrons. The molecule has 2 rings (SSSR count). The van der Waals surface area contributed by atoms with Gasteiger partial charge in [0.05, 0.1) is 6.42 Å². The maximum absolute atomic E-state index is 12.3. The van der Waals surface area contributed by atoms with Crippen molar-refractivity contribution in [3.05, 3.63) is 40.6 Å². The van der Waals surface area contributed by atoms with Gasteiger partial charge in [0.25, 0.3) is 0 Å². The van der Waals surface area contributed by atoms with E-state index in [-0.39, 0.29) is 5.91 Å². The van der Waals surface area contributed by atoms with Crippen molar-refractivity contribution in [2.24, 2.45) is 0 Å². The van der Waals surface area contributed by atoms with Gasteiger partial charge in [-0.05, 0) is 69.2 Å². The summed E-state index contributed by atoms with van der Waals surface area (Å²) < 4.78 is 0. The van der Waals surface area contributed by atoms with Crippen molar-refractivity contribution in [1.29, 1.82) is 0 Å². The van der Waals surface area contributed by atoms with E-state index >= 15 is 0 Å². The second kappa shape index (κ2) is 6.23. The van der Waals surface area contributed by atoms with Crippen LogP contribution in [0.2, 0.25) is 0 Å². The van der Waals surface area contributed by atoms with Gasteiger partial charge in [0.2, 0.25) is 5.91 Å². The molecule has 3 heteroatoms. The lowest BCUT2D eigenvalue weighted by atomic mass is 9.98. The number of carbonyl (C=O) groups is 1. The minimum atomic E-state index is 0.196. The lowest BCUT2D eigenvalue weighted by Crippen LogP contribution is -2.29. The highest BCUT2D eigenvalue weighted by Crippen LogP contribution is 2.21. The first-order valence-electron chi connectivity index (χ1n) is 7.20. The fourth-order valence-electron chi connectivity index (χ4n) is 2.48. The Morgan fingerprint density at radius 3 is 2.60 bits per heavy atom. The molecule has 0 aliphatic carbocycles. The summed E-state index contributed by atoms with van der Waals surface area (Å²) in [4.78, 5) is 16.3. The molecule has 0 atom stereocenters. The van der Waals surface area contributed by atoms with Crippen LogP contribution in [0.25, 0.3) is 6.08 Å². The van der Waals surface area contributed by atoms with E-state index in [0.29, 0.717) is 6.42 Å². The summed E-state index contributed by atoms with van der Waals surface area (Å²) in [6, 6.07) is 4.33. The third-order valence-corrected chi connectivity index (χ3v) is 3.86. The van der Waals surface area contributed by atoms with Crippen LogP contribution in [0.5, 0.6) is 0 Å². The Bertz CT molecular complexity index is 532. The Kier molecular flexibility index (Phi) is 4.61. The fraction of sp³-hybridized carbons (Fsp3) is 0.471. The van der Waals surface area contributed by atoms with E-state index in [4.69, 9.17) is 0 Å². The molecule has 0 saturated heterocycles. The number of rotatable bonds is 4. The minimum Gasteiger partial charge on any atom is -0.319 e. The summed E-state index contributed by atoms with van der Waals surface area (Å²) in [5, 5.41) is 0. The average Bonchev–Trinajstić information content (AvgIpc) is 2.51. The first-order chi connectivity index (χ1) is 9.47. The van der Waals surface area contributed by atoms with Gasteiger partial charge >= 0.3 is 0 Å². The summed E-state index contributed by atoms with van der Waals surface area (Å²) in [5.41, 5.74) is 4.86. The lowest BCUT2D eigenvalue weighted by Gasteiger charge is -2.18. The number of amides is 1. The topological polar surface area (TPSA) is 23.6 Å². The average molecular weight is 272 g/mol. The van der Waals surface area contributed by atoms with Crippen LogP contribution in [0.1, 0.15) is 28.7 Å². The zero-order chi connectivity index (χ0) is 14.7. The van der Waals surface area contributed by atoms with E-state index in [9.17, 15) is 4.79 Å². The molecular formula is C17H24N2O. The number of aryl methyl sites for hydroxylation is 2. The number of hydrogen-bond donors (Lipinski definition) is 0. The fourth-order valence-corrected chi connectivity index (χ4v) is 2.48. The van der Waals surface area contributed by atoms with Crippen LogP contribution in [0.4, 0.5) is 0 Å². The third-order valence-electron chi connectivity index (χ3n) is 3.86. The zero-order valence-electron chi connectivity index (χ0n) is 12.9. The van der Waals surface area contributed by atoms with Gasteiger partial charge in [0, 0.05) is 12.7 Å². The van der Waals surface area contributed by atoms with E-state index in [1.165, 1.54) is 16.7 Å². The van der Waals surface area contributed by atoms with E-state index in [0.717, 1.165) is 25.1 Å². The van der Waals surface area contributed by atoms with Crippen LogP contribution >= 0.6 is 0 Å². The molecule has 0 aromatic heterocycles. The van der Waals surface area contributed by atoms with Crippen molar-refractivity contribution in [2.45, 2.75) is 26.7 Å². The van der Waals surface area contributed by atoms with Gasteiger partial charge in [0.15, 0.2) is 0 Å². The van der Waals surface area contributed by atoms with Crippen molar-refractivity contribution in [1.82, 2.24) is 9.80 Å². The van der Waals surface area contributed by atoms with Crippen molar-refractivity contribution in [2.75, 3.05) is 27.2 Å². The van der Waals surface area contributed by atoms with Crippen molar-refractivity contribution in [3.8, 4) is 0 Å². The Morgan fingerprint density at radius 1 is 1.20 bits per heavy atom. The highest BCUT2D eigenvalue weighted by atomic mass is 16.2. The molecule has 1 aliphatic rings. The predicted molar refractivity (Wildman–Crippen MR) is 83.5 cm³/mol. The van der Waals surface area contributed by atoms with Gasteiger partial charge in [-0.2, -0.15) is 0 Å². The van der Waals surface area contributed by atoms with Gasteiger partial charge in [0.1, 0.15) is 0 Å². The number of hydrogen-bond acceptors (Lipinski definition) is 2. The molecular weight excluding hydrogens is 248 g/mol. The quantitative estimate of drug-likeness (QED) is 0.841. The number of fused-ring (bicyclic) bond motifs is 1. The first-order valence-corrected chi connectivity index (χ1v) is 7.20. The molecule has 0 fully saturated rings. The molecule has 0 bridgehead atoms. The van der Waals surface area contributed by atoms with Crippen LogP contribution < -0.4 is 0 Å². The van der Waals surface area contributed by atoms with Crippen molar-refractivity contribution >= 4 is 12.0 Å². The molecule has 1 aromatic rings. The molecule has 1 aromatic carbocycles. The highest BCUT2D eigenvalue weighted by molar-refractivity contribution is 5.83. The van der Waals surface area contributed by atoms with E-state index < -0.39 is 0 Å². The molecule has 0 spiro atoms. The third kappa shape index (κ3) is 3.48. The lowest BCUT2D eigenvalue weighted by molar-refractivity contribution is -0.127. The van der Waals surface area contributed by atoms with Crippen LogP contribution in [-0.2, 0) is 11.2 Å². The van der Waals surface area contributed by atoms with Crippen LogP contribution in [0.3, 0.4) is 0 Å². The Balaban J connectivity index is 2.12. The summed E-state index contributed by atoms with van der Waals surface area (Å²) in [6.45, 7) is 6.01. The minimum absolute atomic E-state index is 0.196. The largest absolute Gasteiger partial charge is 0.319 e. The molecule has 3 nitrogen and oxygen atoms in total. The maximum atomic E-state index is 12.3. The van der Waals surface area contributed by atoms with E-state index in [1.807, 2.05) is 11.1 Å². The second-order valence-corrected chi connectivity index (χ2v) is 5.87. The molecule has 0 saturated carbocycles. The van der Waals surface area contributed by atoms with Gasteiger partial charge < -0.3 is 9.80 Å². The van der Waals surface area contributed by atoms with Gasteiger partial charge in [-0.3, -0.25) is 4.79 Å².